The Bertz CT molecular complexity index is 142. The summed E-state index contributed by atoms with van der Waals surface area (Å²) in [4.78, 5) is 2.49. The first-order valence-electron chi connectivity index (χ1n) is 2.17. The minimum atomic E-state index is 0. The standard InChI is InChI=1S/C6H7S.2CH3.Y/c1-5-3-4-6(2)7-5;;;/h3-4H,1H2,2H3;2*1H3;/q3*-1;+3. The molecule has 0 unspecified atom stereocenters. The number of hydrogen-bond acceptors (Lipinski definition) is 1. The normalized spacial score (nSPS) is 6.50. The van der Waals surface area contributed by atoms with E-state index in [-0.39, 0.29) is 47.6 Å². The molecule has 0 radical (unpaired) electrons. The molecule has 0 saturated heterocycles. The van der Waals surface area contributed by atoms with Crippen molar-refractivity contribution >= 4 is 11.3 Å². The zero-order chi connectivity index (χ0) is 5.28. The number of hydrogen-bond donors (Lipinski definition) is 0. The molecule has 1 heterocycles. The maximum atomic E-state index is 3.76. The van der Waals surface area contributed by atoms with Crippen molar-refractivity contribution < 1.29 is 32.7 Å². The van der Waals surface area contributed by atoms with Gasteiger partial charge in [-0.2, -0.15) is 17.4 Å². The quantitative estimate of drug-likeness (QED) is 0.600. The molecule has 0 aliphatic heterocycles. The Morgan fingerprint density at radius 2 is 1.80 bits per heavy atom. The van der Waals surface area contributed by atoms with E-state index in [0.29, 0.717) is 0 Å². The second kappa shape index (κ2) is 7.78. The van der Waals surface area contributed by atoms with E-state index in [2.05, 4.69) is 19.9 Å². The molecule has 1 rings (SSSR count). The predicted molar refractivity (Wildman–Crippen MR) is 46.3 cm³/mol. The fourth-order valence-electron chi connectivity index (χ4n) is 0.485. The van der Waals surface area contributed by atoms with Crippen LogP contribution in [0.3, 0.4) is 0 Å². The minimum absolute atomic E-state index is 0. The smallest absolute Gasteiger partial charge is 0.358 e. The summed E-state index contributed by atoms with van der Waals surface area (Å²) in [6.07, 6.45) is 0. The average molecular weight is 230 g/mol. The Hall–Kier alpha value is 0.674. The zero-order valence-electron chi connectivity index (χ0n) is 6.85. The van der Waals surface area contributed by atoms with E-state index in [1.807, 2.05) is 6.07 Å². The third-order valence-corrected chi connectivity index (χ3v) is 1.65. The van der Waals surface area contributed by atoms with E-state index in [0.717, 1.165) is 4.88 Å². The van der Waals surface area contributed by atoms with Crippen molar-refractivity contribution in [1.29, 1.82) is 0 Å². The van der Waals surface area contributed by atoms with Gasteiger partial charge < -0.3 is 14.9 Å². The number of thiophene rings is 1. The fraction of sp³-hybridized carbons (Fsp3) is 0.125. The van der Waals surface area contributed by atoms with Crippen LogP contribution < -0.4 is 0 Å². The molecule has 2 heteroatoms. The summed E-state index contributed by atoms with van der Waals surface area (Å²) in [5.74, 6) is 0. The molecular formula is C8H13SY. The molecular weight excluding hydrogens is 217 g/mol. The molecule has 54 valence electrons. The Morgan fingerprint density at radius 3 is 1.90 bits per heavy atom. The molecule has 0 fully saturated rings. The molecule has 0 amide bonds. The Labute approximate surface area is 93.9 Å². The van der Waals surface area contributed by atoms with Gasteiger partial charge in [0, 0.05) is 0 Å². The fourth-order valence-corrected chi connectivity index (χ4v) is 1.17. The molecule has 10 heavy (non-hydrogen) atoms. The van der Waals surface area contributed by atoms with E-state index in [9.17, 15) is 0 Å². The molecule has 0 aliphatic rings. The van der Waals surface area contributed by atoms with Crippen molar-refractivity contribution in [3.8, 4) is 0 Å². The Balaban J connectivity index is -0.000000163. The van der Waals surface area contributed by atoms with Crippen molar-refractivity contribution in [1.82, 2.24) is 0 Å². The average Bonchev–Trinajstić information content (AvgIpc) is 1.87. The van der Waals surface area contributed by atoms with E-state index in [4.69, 9.17) is 0 Å². The van der Waals surface area contributed by atoms with Crippen LogP contribution in [0, 0.1) is 28.7 Å². The number of aryl methyl sites for hydroxylation is 1. The van der Waals surface area contributed by atoms with Crippen LogP contribution in [-0.2, 0) is 32.7 Å². The molecule has 1 aromatic heterocycles. The van der Waals surface area contributed by atoms with Gasteiger partial charge in [0.15, 0.2) is 0 Å². The van der Waals surface area contributed by atoms with Gasteiger partial charge in [0.1, 0.15) is 0 Å². The summed E-state index contributed by atoms with van der Waals surface area (Å²) in [5.41, 5.74) is 0. The molecule has 1 aromatic rings. The van der Waals surface area contributed by atoms with Gasteiger partial charge in [-0.1, -0.05) is 0 Å². The van der Waals surface area contributed by atoms with Crippen LogP contribution in [0.5, 0.6) is 0 Å². The van der Waals surface area contributed by atoms with Crippen molar-refractivity contribution in [2.75, 3.05) is 0 Å². The van der Waals surface area contributed by atoms with Crippen molar-refractivity contribution in [3.63, 3.8) is 0 Å². The minimum Gasteiger partial charge on any atom is -0.358 e. The second-order valence-electron chi connectivity index (χ2n) is 1.51. The molecule has 0 aromatic carbocycles. The van der Waals surface area contributed by atoms with E-state index in [1.54, 1.807) is 11.3 Å². The Kier molecular flexibility index (Phi) is 13.2. The monoisotopic (exact) mass is 230 g/mol. The molecule has 0 atom stereocenters. The third kappa shape index (κ3) is 5.46. The van der Waals surface area contributed by atoms with Crippen LogP contribution in [0.15, 0.2) is 12.1 Å². The summed E-state index contributed by atoms with van der Waals surface area (Å²) in [6, 6.07) is 4.10. The van der Waals surface area contributed by atoms with Crippen molar-refractivity contribution in [3.05, 3.63) is 43.7 Å². The zero-order valence-corrected chi connectivity index (χ0v) is 10.5. The third-order valence-electron chi connectivity index (χ3n) is 0.796. The molecule has 0 spiro atoms. The van der Waals surface area contributed by atoms with Gasteiger partial charge >= 0.3 is 32.7 Å². The first-order chi connectivity index (χ1) is 3.29. The summed E-state index contributed by atoms with van der Waals surface area (Å²) in [6.45, 7) is 5.84. The SMILES string of the molecule is [CH2-]c1ccc(C)s1.[CH3-].[CH3-].[Y+3]. The largest absolute Gasteiger partial charge is 3.00 e. The van der Waals surface area contributed by atoms with Gasteiger partial charge in [-0.25, -0.2) is 6.92 Å². The van der Waals surface area contributed by atoms with Gasteiger partial charge in [-0.3, -0.25) is 0 Å². The Morgan fingerprint density at radius 1 is 1.30 bits per heavy atom. The van der Waals surface area contributed by atoms with Gasteiger partial charge in [0.25, 0.3) is 0 Å². The van der Waals surface area contributed by atoms with E-state index >= 15 is 0 Å². The topological polar surface area (TPSA) is 0 Å². The summed E-state index contributed by atoms with van der Waals surface area (Å²) < 4.78 is 0. The van der Waals surface area contributed by atoms with Gasteiger partial charge in [0.05, 0.1) is 0 Å². The first kappa shape index (κ1) is 17.0. The van der Waals surface area contributed by atoms with E-state index < -0.39 is 0 Å². The van der Waals surface area contributed by atoms with Crippen LogP contribution in [0.1, 0.15) is 9.75 Å². The van der Waals surface area contributed by atoms with Crippen molar-refractivity contribution in [2.45, 2.75) is 6.92 Å². The first-order valence-corrected chi connectivity index (χ1v) is 2.99. The summed E-state index contributed by atoms with van der Waals surface area (Å²) in [7, 11) is 0. The van der Waals surface area contributed by atoms with Crippen LogP contribution in [-0.4, -0.2) is 0 Å². The van der Waals surface area contributed by atoms with Crippen molar-refractivity contribution in [2.24, 2.45) is 0 Å². The maximum Gasteiger partial charge on any atom is 3.00 e. The molecule has 0 saturated carbocycles. The van der Waals surface area contributed by atoms with Crippen LogP contribution in [0.4, 0.5) is 0 Å². The van der Waals surface area contributed by atoms with Gasteiger partial charge in [-0.05, 0) is 11.8 Å². The van der Waals surface area contributed by atoms with E-state index in [1.165, 1.54) is 4.88 Å². The molecule has 0 aliphatic carbocycles. The molecule has 0 nitrogen and oxygen atoms in total. The number of rotatable bonds is 0. The van der Waals surface area contributed by atoms with Gasteiger partial charge in [0.2, 0.25) is 0 Å². The second-order valence-corrected chi connectivity index (χ2v) is 2.88. The predicted octanol–water partition coefficient (Wildman–Crippen LogP) is 3.14. The summed E-state index contributed by atoms with van der Waals surface area (Å²) >= 11 is 1.73. The van der Waals surface area contributed by atoms with Crippen LogP contribution in [0.2, 0.25) is 0 Å². The van der Waals surface area contributed by atoms with Gasteiger partial charge in [-0.15, -0.1) is 10.9 Å². The van der Waals surface area contributed by atoms with Crippen LogP contribution in [0.25, 0.3) is 0 Å². The maximum absolute atomic E-state index is 3.76. The van der Waals surface area contributed by atoms with Crippen LogP contribution >= 0.6 is 11.3 Å². The summed E-state index contributed by atoms with van der Waals surface area (Å²) in [5, 5.41) is 0. The molecule has 0 N–H and O–H groups in total. The molecule has 0 bridgehead atoms.